The molecule has 1 rings (SSSR count). The molecule has 0 aromatic carbocycles. The van der Waals surface area contributed by atoms with Crippen LogP contribution in [-0.4, -0.2) is 29.7 Å². The van der Waals surface area contributed by atoms with Crippen LogP contribution in [0.5, 0.6) is 0 Å². The van der Waals surface area contributed by atoms with E-state index < -0.39 is 0 Å². The fourth-order valence-electron chi connectivity index (χ4n) is 1.35. The second-order valence-electron chi connectivity index (χ2n) is 4.76. The standard InChI is InChI=1S/C13H22ClN3O/c1-9(2)5-7-18-8-6-15-13-12(14)16-10(3)11(4)17-13/h9H,5-8H2,1-4H3,(H,15,17). The molecule has 0 spiro atoms. The van der Waals surface area contributed by atoms with Crippen molar-refractivity contribution in [1.82, 2.24) is 9.97 Å². The van der Waals surface area contributed by atoms with E-state index >= 15 is 0 Å². The largest absolute Gasteiger partial charge is 0.380 e. The van der Waals surface area contributed by atoms with Gasteiger partial charge in [-0.05, 0) is 26.2 Å². The Morgan fingerprint density at radius 1 is 1.17 bits per heavy atom. The van der Waals surface area contributed by atoms with Crippen LogP contribution in [0.1, 0.15) is 31.7 Å². The Hall–Kier alpha value is -0.870. The number of aromatic nitrogens is 2. The fraction of sp³-hybridized carbons (Fsp3) is 0.692. The van der Waals surface area contributed by atoms with Crippen molar-refractivity contribution >= 4 is 17.4 Å². The molecule has 1 N–H and O–H groups in total. The van der Waals surface area contributed by atoms with Crippen molar-refractivity contribution in [3.8, 4) is 0 Å². The van der Waals surface area contributed by atoms with Gasteiger partial charge in [0.05, 0.1) is 18.0 Å². The maximum absolute atomic E-state index is 6.01. The van der Waals surface area contributed by atoms with E-state index in [0.717, 1.165) is 24.4 Å². The van der Waals surface area contributed by atoms with Crippen LogP contribution >= 0.6 is 11.6 Å². The van der Waals surface area contributed by atoms with Gasteiger partial charge in [-0.25, -0.2) is 9.97 Å². The summed E-state index contributed by atoms with van der Waals surface area (Å²) in [6.45, 7) is 10.3. The van der Waals surface area contributed by atoms with E-state index in [-0.39, 0.29) is 0 Å². The summed E-state index contributed by atoms with van der Waals surface area (Å²) in [6.07, 6.45) is 1.09. The molecule has 0 aliphatic heterocycles. The van der Waals surface area contributed by atoms with Crippen molar-refractivity contribution in [1.29, 1.82) is 0 Å². The number of rotatable bonds is 7. The van der Waals surface area contributed by atoms with Crippen molar-refractivity contribution in [3.05, 3.63) is 16.5 Å². The number of nitrogens with zero attached hydrogens (tertiary/aromatic N) is 2. The zero-order chi connectivity index (χ0) is 13.5. The second-order valence-corrected chi connectivity index (χ2v) is 5.11. The Morgan fingerprint density at radius 3 is 2.50 bits per heavy atom. The molecule has 18 heavy (non-hydrogen) atoms. The van der Waals surface area contributed by atoms with Crippen LogP contribution in [0.15, 0.2) is 0 Å². The van der Waals surface area contributed by atoms with Crippen molar-refractivity contribution in [2.75, 3.05) is 25.1 Å². The molecule has 4 nitrogen and oxygen atoms in total. The molecule has 5 heteroatoms. The molecule has 102 valence electrons. The number of aryl methyl sites for hydroxylation is 2. The molecular formula is C13H22ClN3O. The SMILES string of the molecule is Cc1nc(Cl)c(NCCOCCC(C)C)nc1C. The maximum Gasteiger partial charge on any atom is 0.171 e. The number of halogens is 1. The fourth-order valence-corrected chi connectivity index (χ4v) is 1.59. The molecule has 0 fully saturated rings. The van der Waals surface area contributed by atoms with Crippen molar-refractivity contribution < 1.29 is 4.74 Å². The molecule has 1 aromatic heterocycles. The zero-order valence-corrected chi connectivity index (χ0v) is 12.3. The molecular weight excluding hydrogens is 250 g/mol. The van der Waals surface area contributed by atoms with Gasteiger partial charge in [0.2, 0.25) is 0 Å². The molecule has 0 atom stereocenters. The van der Waals surface area contributed by atoms with Crippen LogP contribution in [0.3, 0.4) is 0 Å². The second kappa shape index (κ2) is 7.54. The summed E-state index contributed by atoms with van der Waals surface area (Å²) >= 11 is 6.01. The third kappa shape index (κ3) is 5.19. The van der Waals surface area contributed by atoms with E-state index in [0.29, 0.717) is 30.0 Å². The number of ether oxygens (including phenoxy) is 1. The summed E-state index contributed by atoms with van der Waals surface area (Å²) in [5, 5.41) is 3.56. The van der Waals surface area contributed by atoms with E-state index in [1.165, 1.54) is 0 Å². The van der Waals surface area contributed by atoms with Gasteiger partial charge in [-0.15, -0.1) is 0 Å². The topological polar surface area (TPSA) is 47.0 Å². The Balaban J connectivity index is 2.29. The highest BCUT2D eigenvalue weighted by Gasteiger charge is 2.06. The van der Waals surface area contributed by atoms with Gasteiger partial charge in [0.1, 0.15) is 0 Å². The molecule has 0 aliphatic carbocycles. The average Bonchev–Trinajstić information content (AvgIpc) is 2.29. The van der Waals surface area contributed by atoms with E-state index in [2.05, 4.69) is 29.1 Å². The Kier molecular flexibility index (Phi) is 6.36. The number of hydrogen-bond acceptors (Lipinski definition) is 4. The summed E-state index contributed by atoms with van der Waals surface area (Å²) in [4.78, 5) is 8.57. The third-order valence-corrected chi connectivity index (χ3v) is 2.91. The first-order chi connectivity index (χ1) is 8.50. The summed E-state index contributed by atoms with van der Waals surface area (Å²) in [6, 6.07) is 0. The first-order valence-corrected chi connectivity index (χ1v) is 6.71. The van der Waals surface area contributed by atoms with Gasteiger partial charge >= 0.3 is 0 Å². The summed E-state index contributed by atoms with van der Waals surface area (Å²) < 4.78 is 5.51. The van der Waals surface area contributed by atoms with Crippen molar-refractivity contribution in [3.63, 3.8) is 0 Å². The Bertz CT molecular complexity index is 383. The average molecular weight is 272 g/mol. The smallest absolute Gasteiger partial charge is 0.171 e. The van der Waals surface area contributed by atoms with E-state index in [9.17, 15) is 0 Å². The molecule has 0 saturated carbocycles. The lowest BCUT2D eigenvalue weighted by atomic mass is 10.1. The van der Waals surface area contributed by atoms with Gasteiger partial charge in [0, 0.05) is 13.2 Å². The molecule has 1 heterocycles. The lowest BCUT2D eigenvalue weighted by Crippen LogP contribution is -2.13. The molecule has 0 amide bonds. The summed E-state index contributed by atoms with van der Waals surface area (Å²) in [5.41, 5.74) is 1.75. The highest BCUT2D eigenvalue weighted by atomic mass is 35.5. The first-order valence-electron chi connectivity index (χ1n) is 6.33. The maximum atomic E-state index is 6.01. The Morgan fingerprint density at radius 2 is 1.83 bits per heavy atom. The highest BCUT2D eigenvalue weighted by Crippen LogP contribution is 2.17. The predicted octanol–water partition coefficient (Wildman–Crippen LogP) is 3.22. The summed E-state index contributed by atoms with van der Waals surface area (Å²) in [5.74, 6) is 1.31. The lowest BCUT2D eigenvalue weighted by molar-refractivity contribution is 0.132. The van der Waals surface area contributed by atoms with Crippen LogP contribution < -0.4 is 5.32 Å². The minimum atomic E-state index is 0.417. The third-order valence-electron chi connectivity index (χ3n) is 2.64. The molecule has 0 radical (unpaired) electrons. The normalized spacial score (nSPS) is 11.0. The first kappa shape index (κ1) is 15.2. The Labute approximate surface area is 114 Å². The van der Waals surface area contributed by atoms with Crippen LogP contribution in [0.4, 0.5) is 5.82 Å². The van der Waals surface area contributed by atoms with Gasteiger partial charge in [0.25, 0.3) is 0 Å². The van der Waals surface area contributed by atoms with Gasteiger partial charge in [-0.2, -0.15) is 0 Å². The number of anilines is 1. The van der Waals surface area contributed by atoms with Gasteiger partial charge in [-0.3, -0.25) is 0 Å². The lowest BCUT2D eigenvalue weighted by Gasteiger charge is -2.10. The highest BCUT2D eigenvalue weighted by molar-refractivity contribution is 6.31. The van der Waals surface area contributed by atoms with Crippen LogP contribution in [0.2, 0.25) is 5.15 Å². The summed E-state index contributed by atoms with van der Waals surface area (Å²) in [7, 11) is 0. The van der Waals surface area contributed by atoms with Crippen LogP contribution in [0.25, 0.3) is 0 Å². The molecule has 0 unspecified atom stereocenters. The molecule has 0 bridgehead atoms. The van der Waals surface area contributed by atoms with Crippen molar-refractivity contribution in [2.45, 2.75) is 34.1 Å². The minimum Gasteiger partial charge on any atom is -0.380 e. The van der Waals surface area contributed by atoms with Crippen LogP contribution in [-0.2, 0) is 4.74 Å². The van der Waals surface area contributed by atoms with E-state index in [1.54, 1.807) is 0 Å². The van der Waals surface area contributed by atoms with E-state index in [4.69, 9.17) is 16.3 Å². The monoisotopic (exact) mass is 271 g/mol. The quantitative estimate of drug-likeness (QED) is 0.774. The molecule has 0 saturated heterocycles. The number of hydrogen-bond donors (Lipinski definition) is 1. The van der Waals surface area contributed by atoms with Crippen molar-refractivity contribution in [2.24, 2.45) is 5.92 Å². The zero-order valence-electron chi connectivity index (χ0n) is 11.6. The molecule has 1 aromatic rings. The minimum absolute atomic E-state index is 0.417. The number of nitrogens with one attached hydrogen (secondary N) is 1. The van der Waals surface area contributed by atoms with Gasteiger partial charge < -0.3 is 10.1 Å². The predicted molar refractivity (Wildman–Crippen MR) is 75.3 cm³/mol. The van der Waals surface area contributed by atoms with E-state index in [1.807, 2.05) is 13.8 Å². The molecule has 0 aliphatic rings. The van der Waals surface area contributed by atoms with Gasteiger partial charge in [0.15, 0.2) is 11.0 Å². The van der Waals surface area contributed by atoms with Crippen LogP contribution in [0, 0.1) is 19.8 Å². The van der Waals surface area contributed by atoms with Gasteiger partial charge in [-0.1, -0.05) is 25.4 Å².